The Kier molecular flexibility index (Phi) is 0.665. The van der Waals surface area contributed by atoms with Crippen LogP contribution in [0.3, 0.4) is 0 Å². The minimum absolute atomic E-state index is 0.171. The molecule has 0 bridgehead atoms. The predicted molar refractivity (Wildman–Crippen MR) is 22.4 cm³/mol. The average Bonchev–Trinajstić information content (AvgIpc) is 2.19. The molecule has 2 heteroatoms. The number of carbonyl (C=O) groups excluding carboxylic acids is 1. The molecule has 0 aromatic heterocycles. The lowest BCUT2D eigenvalue weighted by molar-refractivity contribution is -0.107. The van der Waals surface area contributed by atoms with E-state index in [1.54, 1.807) is 0 Å². The number of hydrogen-bond donors (Lipinski definition) is 1. The number of carbonyl (C=O) groups is 1. The zero-order valence-corrected chi connectivity index (χ0v) is 3.64. The lowest BCUT2D eigenvalue weighted by atomic mass is 10.4. The van der Waals surface area contributed by atoms with Crippen molar-refractivity contribution < 1.29 is 4.79 Å². The molecule has 2 atom stereocenters. The van der Waals surface area contributed by atoms with Gasteiger partial charge >= 0.3 is 0 Å². The van der Waals surface area contributed by atoms with Gasteiger partial charge in [0, 0.05) is 6.04 Å². The zero-order valence-electron chi connectivity index (χ0n) is 3.64. The molecule has 0 aromatic rings. The van der Waals surface area contributed by atoms with Gasteiger partial charge in [0.25, 0.3) is 0 Å². The van der Waals surface area contributed by atoms with E-state index in [4.69, 9.17) is 0 Å². The second-order valence-electron chi connectivity index (χ2n) is 1.62. The van der Waals surface area contributed by atoms with Crippen LogP contribution in [0.2, 0.25) is 0 Å². The van der Waals surface area contributed by atoms with Gasteiger partial charge in [-0.2, -0.15) is 0 Å². The molecule has 1 rings (SSSR count). The lowest BCUT2D eigenvalue weighted by Gasteiger charge is -1.62. The topological polar surface area (TPSA) is 39.0 Å². The van der Waals surface area contributed by atoms with Crippen LogP contribution in [0.4, 0.5) is 0 Å². The van der Waals surface area contributed by atoms with E-state index in [1.165, 1.54) is 0 Å². The van der Waals surface area contributed by atoms with Crippen LogP contribution in [0.15, 0.2) is 0 Å². The maximum atomic E-state index is 9.72. The molecule has 1 aliphatic rings. The molecular formula is C4H7NO. The van der Waals surface area contributed by atoms with Crippen molar-refractivity contribution in [1.29, 1.82) is 0 Å². The first-order chi connectivity index (χ1) is 2.84. The molecule has 1 aliphatic heterocycles. The molecule has 34 valence electrons. The van der Waals surface area contributed by atoms with E-state index in [0.717, 1.165) is 6.29 Å². The van der Waals surface area contributed by atoms with Crippen LogP contribution < -0.4 is 5.32 Å². The third-order valence-corrected chi connectivity index (χ3v) is 1.03. The monoisotopic (exact) mass is 85.1 g/mol. The molecule has 0 unspecified atom stereocenters. The molecule has 2 nitrogen and oxygen atoms in total. The first-order valence-corrected chi connectivity index (χ1v) is 2.06. The van der Waals surface area contributed by atoms with E-state index >= 15 is 0 Å². The fraction of sp³-hybridized carbons (Fsp3) is 0.750. The Labute approximate surface area is 36.5 Å². The summed E-state index contributed by atoms with van der Waals surface area (Å²) in [5.41, 5.74) is 0. The summed E-state index contributed by atoms with van der Waals surface area (Å²) in [5.74, 6) is 0. The van der Waals surface area contributed by atoms with Crippen molar-refractivity contribution in [2.24, 2.45) is 0 Å². The fourth-order valence-electron chi connectivity index (χ4n) is 0.405. The van der Waals surface area contributed by atoms with E-state index in [1.807, 2.05) is 6.92 Å². The fourth-order valence-corrected chi connectivity index (χ4v) is 0.405. The van der Waals surface area contributed by atoms with Gasteiger partial charge in [-0.3, -0.25) is 0 Å². The van der Waals surface area contributed by atoms with Crippen molar-refractivity contribution in [3.8, 4) is 0 Å². The number of rotatable bonds is 1. The van der Waals surface area contributed by atoms with Gasteiger partial charge in [0.2, 0.25) is 0 Å². The Morgan fingerprint density at radius 2 is 2.33 bits per heavy atom. The SMILES string of the molecule is C[C@@H]1N[C@H]1C=O. The van der Waals surface area contributed by atoms with Gasteiger partial charge in [-0.15, -0.1) is 0 Å². The second kappa shape index (κ2) is 1.05. The summed E-state index contributed by atoms with van der Waals surface area (Å²) in [6.45, 7) is 1.99. The van der Waals surface area contributed by atoms with Crippen molar-refractivity contribution in [3.05, 3.63) is 0 Å². The van der Waals surface area contributed by atoms with E-state index in [2.05, 4.69) is 5.32 Å². The lowest BCUT2D eigenvalue weighted by Crippen LogP contribution is -1.88. The smallest absolute Gasteiger partial charge is 0.138 e. The highest BCUT2D eigenvalue weighted by molar-refractivity contribution is 5.63. The number of nitrogens with one attached hydrogen (secondary N) is 1. The van der Waals surface area contributed by atoms with E-state index < -0.39 is 0 Å². The summed E-state index contributed by atoms with van der Waals surface area (Å²) >= 11 is 0. The largest absolute Gasteiger partial charge is 0.302 e. The van der Waals surface area contributed by atoms with Crippen molar-refractivity contribution in [2.45, 2.75) is 19.0 Å². The van der Waals surface area contributed by atoms with Gasteiger partial charge in [-0.05, 0) is 6.92 Å². The molecule has 1 fully saturated rings. The third-order valence-electron chi connectivity index (χ3n) is 1.03. The van der Waals surface area contributed by atoms with Crippen molar-refractivity contribution >= 4 is 6.29 Å². The Balaban J connectivity index is 2.25. The maximum absolute atomic E-state index is 9.72. The molecule has 1 heterocycles. The van der Waals surface area contributed by atoms with Crippen LogP contribution in [0.5, 0.6) is 0 Å². The molecule has 0 saturated carbocycles. The highest BCUT2D eigenvalue weighted by Crippen LogP contribution is 2.03. The molecule has 0 spiro atoms. The quantitative estimate of drug-likeness (QED) is 0.346. The Bertz CT molecular complexity index is 71.9. The zero-order chi connectivity index (χ0) is 4.57. The molecule has 0 radical (unpaired) electrons. The van der Waals surface area contributed by atoms with Crippen molar-refractivity contribution in [2.75, 3.05) is 0 Å². The van der Waals surface area contributed by atoms with E-state index in [-0.39, 0.29) is 6.04 Å². The number of aldehydes is 1. The summed E-state index contributed by atoms with van der Waals surface area (Å²) in [6, 6.07) is 0.618. The Morgan fingerprint density at radius 3 is 2.33 bits per heavy atom. The molecule has 0 amide bonds. The summed E-state index contributed by atoms with van der Waals surface area (Å²) < 4.78 is 0. The first-order valence-electron chi connectivity index (χ1n) is 2.06. The van der Waals surface area contributed by atoms with Gasteiger partial charge in [-0.1, -0.05) is 0 Å². The summed E-state index contributed by atoms with van der Waals surface area (Å²) in [5, 5.41) is 2.91. The third kappa shape index (κ3) is 0.431. The average molecular weight is 85.1 g/mol. The van der Waals surface area contributed by atoms with Crippen LogP contribution >= 0.6 is 0 Å². The van der Waals surface area contributed by atoms with Gasteiger partial charge in [-0.25, -0.2) is 0 Å². The standard InChI is InChI=1S/C4H7NO/c1-3-4(2-6)5-3/h2-5H,1H3/t3-,4-/m0/s1. The minimum Gasteiger partial charge on any atom is -0.302 e. The van der Waals surface area contributed by atoms with Gasteiger partial charge in [0.1, 0.15) is 6.29 Å². The number of hydrogen-bond acceptors (Lipinski definition) is 2. The minimum atomic E-state index is 0.171. The summed E-state index contributed by atoms with van der Waals surface area (Å²) in [6.07, 6.45) is 0.935. The van der Waals surface area contributed by atoms with Crippen molar-refractivity contribution in [3.63, 3.8) is 0 Å². The first kappa shape index (κ1) is 3.81. The van der Waals surface area contributed by atoms with Gasteiger partial charge in [0.05, 0.1) is 6.04 Å². The molecular weight excluding hydrogens is 78.0 g/mol. The van der Waals surface area contributed by atoms with Gasteiger partial charge < -0.3 is 10.1 Å². The highest BCUT2D eigenvalue weighted by atomic mass is 16.1. The normalized spacial score (nSPS) is 42.2. The van der Waals surface area contributed by atoms with Crippen LogP contribution in [-0.4, -0.2) is 18.4 Å². The van der Waals surface area contributed by atoms with Crippen molar-refractivity contribution in [1.82, 2.24) is 5.32 Å². The Hall–Kier alpha value is -0.370. The summed E-state index contributed by atoms with van der Waals surface area (Å²) in [7, 11) is 0. The molecule has 1 N–H and O–H groups in total. The highest BCUT2D eigenvalue weighted by Gasteiger charge is 2.29. The Morgan fingerprint density at radius 1 is 1.83 bits per heavy atom. The van der Waals surface area contributed by atoms with Crippen LogP contribution in [0, 0.1) is 0 Å². The second-order valence-corrected chi connectivity index (χ2v) is 1.62. The molecule has 0 aliphatic carbocycles. The predicted octanol–water partition coefficient (Wildman–Crippen LogP) is -0.454. The molecule has 6 heavy (non-hydrogen) atoms. The van der Waals surface area contributed by atoms with Crippen LogP contribution in [-0.2, 0) is 4.79 Å². The molecule has 0 aromatic carbocycles. The van der Waals surface area contributed by atoms with Crippen LogP contribution in [0.25, 0.3) is 0 Å². The summed E-state index contributed by atoms with van der Waals surface area (Å²) in [4.78, 5) is 9.72. The van der Waals surface area contributed by atoms with E-state index in [0.29, 0.717) is 6.04 Å². The van der Waals surface area contributed by atoms with Crippen LogP contribution in [0.1, 0.15) is 6.92 Å². The molecule has 1 saturated heterocycles. The van der Waals surface area contributed by atoms with Gasteiger partial charge in [0.15, 0.2) is 0 Å². The van der Waals surface area contributed by atoms with E-state index in [9.17, 15) is 4.79 Å². The maximum Gasteiger partial charge on any atom is 0.138 e.